The van der Waals surface area contributed by atoms with Crippen LogP contribution >= 0.6 is 0 Å². The molecule has 0 aromatic heterocycles. The quantitative estimate of drug-likeness (QED) is 0.741. The van der Waals surface area contributed by atoms with Gasteiger partial charge in [0, 0.05) is 18.3 Å². The normalized spacial score (nSPS) is 58.1. The first-order chi connectivity index (χ1) is 9.45. The van der Waals surface area contributed by atoms with Crippen LogP contribution in [0.5, 0.6) is 0 Å². The zero-order valence-corrected chi connectivity index (χ0v) is 12.6. The summed E-state index contributed by atoms with van der Waals surface area (Å²) in [6, 6.07) is 0. The molecular weight excluding hydrogens is 252 g/mol. The molecule has 1 aliphatic heterocycles. The lowest BCUT2D eigenvalue weighted by atomic mass is 9.56. The molecule has 112 valence electrons. The second-order valence-electron chi connectivity index (χ2n) is 8.15. The van der Waals surface area contributed by atoms with Gasteiger partial charge in [0.1, 0.15) is 5.78 Å². The van der Waals surface area contributed by atoms with Gasteiger partial charge in [-0.15, -0.1) is 0 Å². The number of ether oxygens (including phenoxy) is 1. The van der Waals surface area contributed by atoms with Crippen molar-refractivity contribution >= 4 is 5.78 Å². The van der Waals surface area contributed by atoms with Crippen molar-refractivity contribution in [2.24, 2.45) is 22.7 Å². The SMILES string of the molecule is C[C@]12CCC3[C@@H](O[C@H]4C[C@@H](O)CC[C@]34C)C1CCC2=O. The first-order valence-corrected chi connectivity index (χ1v) is 8.32. The van der Waals surface area contributed by atoms with Gasteiger partial charge >= 0.3 is 0 Å². The maximum absolute atomic E-state index is 12.3. The zero-order chi connectivity index (χ0) is 14.1. The van der Waals surface area contributed by atoms with Gasteiger partial charge in [-0.25, -0.2) is 0 Å². The third-order valence-corrected chi connectivity index (χ3v) is 7.31. The molecule has 1 N–H and O–H groups in total. The van der Waals surface area contributed by atoms with E-state index in [1.807, 2.05) is 0 Å². The van der Waals surface area contributed by atoms with E-state index in [1.165, 1.54) is 0 Å². The highest BCUT2D eigenvalue weighted by molar-refractivity contribution is 5.87. The molecule has 2 unspecified atom stereocenters. The molecule has 0 bridgehead atoms. The average molecular weight is 278 g/mol. The fourth-order valence-electron chi connectivity index (χ4n) is 5.84. The van der Waals surface area contributed by atoms with Crippen molar-refractivity contribution in [3.8, 4) is 0 Å². The number of fused-ring (bicyclic) bond motifs is 5. The number of carbonyl (C=O) groups excluding carboxylic acids is 1. The lowest BCUT2D eigenvalue weighted by Crippen LogP contribution is -2.47. The van der Waals surface area contributed by atoms with Crippen LogP contribution in [-0.4, -0.2) is 29.2 Å². The highest BCUT2D eigenvalue weighted by Crippen LogP contribution is 2.62. The Kier molecular flexibility index (Phi) is 2.70. The summed E-state index contributed by atoms with van der Waals surface area (Å²) in [6.07, 6.45) is 7.01. The number of hydrogen-bond acceptors (Lipinski definition) is 3. The Balaban J connectivity index is 1.66. The Bertz CT molecular complexity index is 448. The molecule has 1 saturated heterocycles. The molecule has 0 spiro atoms. The summed E-state index contributed by atoms with van der Waals surface area (Å²) in [5, 5.41) is 9.95. The average Bonchev–Trinajstić information content (AvgIpc) is 2.86. The van der Waals surface area contributed by atoms with Crippen molar-refractivity contribution in [2.45, 2.75) is 77.1 Å². The molecule has 4 aliphatic rings. The first kappa shape index (κ1) is 13.3. The van der Waals surface area contributed by atoms with Crippen molar-refractivity contribution in [3.05, 3.63) is 0 Å². The van der Waals surface area contributed by atoms with Gasteiger partial charge in [-0.05, 0) is 49.4 Å². The number of rotatable bonds is 0. The molecule has 7 atom stereocenters. The number of Topliss-reactive ketones (excluding diaryl/α,β-unsaturated/α-hetero) is 1. The lowest BCUT2D eigenvalue weighted by molar-refractivity contribution is -0.133. The van der Waals surface area contributed by atoms with E-state index in [4.69, 9.17) is 4.74 Å². The Morgan fingerprint density at radius 2 is 1.95 bits per heavy atom. The maximum Gasteiger partial charge on any atom is 0.139 e. The summed E-state index contributed by atoms with van der Waals surface area (Å²) in [4.78, 5) is 12.3. The topological polar surface area (TPSA) is 46.5 Å². The van der Waals surface area contributed by atoms with Crippen molar-refractivity contribution < 1.29 is 14.6 Å². The van der Waals surface area contributed by atoms with E-state index in [-0.39, 0.29) is 29.1 Å². The highest BCUT2D eigenvalue weighted by atomic mass is 16.5. The molecule has 0 aromatic carbocycles. The van der Waals surface area contributed by atoms with E-state index in [1.54, 1.807) is 0 Å². The van der Waals surface area contributed by atoms with Crippen molar-refractivity contribution in [3.63, 3.8) is 0 Å². The number of aliphatic hydroxyl groups is 1. The molecule has 3 saturated carbocycles. The number of hydrogen-bond donors (Lipinski definition) is 1. The minimum absolute atomic E-state index is 0.121. The van der Waals surface area contributed by atoms with Gasteiger partial charge in [0.15, 0.2) is 0 Å². The van der Waals surface area contributed by atoms with Crippen LogP contribution in [-0.2, 0) is 9.53 Å². The molecule has 3 aliphatic carbocycles. The summed E-state index contributed by atoms with van der Waals surface area (Å²) >= 11 is 0. The van der Waals surface area contributed by atoms with Crippen molar-refractivity contribution in [1.82, 2.24) is 0 Å². The summed E-state index contributed by atoms with van der Waals surface area (Å²) in [5.41, 5.74) is 0.112. The third kappa shape index (κ3) is 1.51. The van der Waals surface area contributed by atoms with Crippen LogP contribution in [0.25, 0.3) is 0 Å². The zero-order valence-electron chi connectivity index (χ0n) is 12.6. The highest BCUT2D eigenvalue weighted by Gasteiger charge is 2.63. The summed E-state index contributed by atoms with van der Waals surface area (Å²) < 4.78 is 6.46. The summed E-state index contributed by atoms with van der Waals surface area (Å²) in [7, 11) is 0. The van der Waals surface area contributed by atoms with Gasteiger partial charge in [-0.3, -0.25) is 4.79 Å². The van der Waals surface area contributed by atoms with Gasteiger partial charge in [-0.2, -0.15) is 0 Å². The molecule has 0 amide bonds. The number of aliphatic hydroxyl groups excluding tert-OH is 1. The van der Waals surface area contributed by atoms with Crippen LogP contribution in [0.4, 0.5) is 0 Å². The summed E-state index contributed by atoms with van der Waals surface area (Å²) in [5.74, 6) is 1.49. The van der Waals surface area contributed by atoms with Gasteiger partial charge in [0.25, 0.3) is 0 Å². The summed E-state index contributed by atoms with van der Waals surface area (Å²) in [6.45, 7) is 4.54. The van der Waals surface area contributed by atoms with Crippen LogP contribution in [0.2, 0.25) is 0 Å². The maximum atomic E-state index is 12.3. The van der Waals surface area contributed by atoms with Crippen molar-refractivity contribution in [1.29, 1.82) is 0 Å². The van der Waals surface area contributed by atoms with E-state index in [0.717, 1.165) is 44.9 Å². The second-order valence-corrected chi connectivity index (χ2v) is 8.15. The van der Waals surface area contributed by atoms with E-state index in [2.05, 4.69) is 13.8 Å². The van der Waals surface area contributed by atoms with Gasteiger partial charge < -0.3 is 9.84 Å². The first-order valence-electron chi connectivity index (χ1n) is 8.32. The second kappa shape index (κ2) is 4.07. The molecule has 3 heteroatoms. The molecule has 4 fully saturated rings. The predicted octanol–water partition coefficient (Wildman–Crippen LogP) is 2.70. The smallest absolute Gasteiger partial charge is 0.139 e. The number of ketones is 1. The minimum atomic E-state index is -0.190. The largest absolute Gasteiger partial charge is 0.393 e. The van der Waals surface area contributed by atoms with Crippen LogP contribution < -0.4 is 0 Å². The Morgan fingerprint density at radius 3 is 2.75 bits per heavy atom. The molecule has 3 nitrogen and oxygen atoms in total. The molecule has 0 radical (unpaired) electrons. The van der Waals surface area contributed by atoms with Gasteiger partial charge in [0.2, 0.25) is 0 Å². The fraction of sp³-hybridized carbons (Fsp3) is 0.941. The Morgan fingerprint density at radius 1 is 1.15 bits per heavy atom. The molecule has 4 rings (SSSR count). The van der Waals surface area contributed by atoms with Crippen LogP contribution in [0.3, 0.4) is 0 Å². The minimum Gasteiger partial charge on any atom is -0.393 e. The van der Waals surface area contributed by atoms with E-state index >= 15 is 0 Å². The van der Waals surface area contributed by atoms with Crippen LogP contribution in [0, 0.1) is 22.7 Å². The van der Waals surface area contributed by atoms with Crippen molar-refractivity contribution in [2.75, 3.05) is 0 Å². The standard InChI is InChI=1S/C17H26O3/c1-16-8-6-12-15(11(16)3-4-13(16)19)20-14-9-10(18)5-7-17(12,14)2/h10-12,14-15,18H,3-9H2,1-2H3/t10-,11?,12?,14-,15-,16-,17+/m0/s1. The number of carbonyl (C=O) groups is 1. The van der Waals surface area contributed by atoms with E-state index < -0.39 is 0 Å². The van der Waals surface area contributed by atoms with Crippen LogP contribution in [0.15, 0.2) is 0 Å². The fourth-order valence-corrected chi connectivity index (χ4v) is 5.84. The van der Waals surface area contributed by atoms with E-state index in [0.29, 0.717) is 17.6 Å². The molecule has 1 heterocycles. The van der Waals surface area contributed by atoms with Crippen LogP contribution in [0.1, 0.15) is 58.8 Å². The third-order valence-electron chi connectivity index (χ3n) is 7.31. The Labute approximate surface area is 121 Å². The van der Waals surface area contributed by atoms with Gasteiger partial charge in [0.05, 0.1) is 18.3 Å². The molecule has 0 aromatic rings. The monoisotopic (exact) mass is 278 g/mol. The molecule has 20 heavy (non-hydrogen) atoms. The van der Waals surface area contributed by atoms with E-state index in [9.17, 15) is 9.90 Å². The lowest BCUT2D eigenvalue weighted by Gasteiger charge is -2.46. The molecular formula is C17H26O3. The van der Waals surface area contributed by atoms with Gasteiger partial charge in [-0.1, -0.05) is 13.8 Å². The predicted molar refractivity (Wildman–Crippen MR) is 75.2 cm³/mol. The Hall–Kier alpha value is -0.410.